The van der Waals surface area contributed by atoms with Gasteiger partial charge in [-0.1, -0.05) is 30.7 Å². The normalized spacial score (nSPS) is 19.4. The lowest BCUT2D eigenvalue weighted by Crippen LogP contribution is -2.28. The Morgan fingerprint density at radius 1 is 1.38 bits per heavy atom. The fourth-order valence-corrected chi connectivity index (χ4v) is 2.27. The highest BCUT2D eigenvalue weighted by molar-refractivity contribution is 5.67. The lowest BCUT2D eigenvalue weighted by molar-refractivity contribution is 0.166. The molecule has 0 heterocycles. The third-order valence-corrected chi connectivity index (χ3v) is 3.10. The van der Waals surface area contributed by atoms with Crippen molar-refractivity contribution in [2.24, 2.45) is 0 Å². The molecule has 86 valence electrons. The molecule has 16 heavy (non-hydrogen) atoms. The van der Waals surface area contributed by atoms with E-state index in [1.165, 1.54) is 24.7 Å². The molecule has 0 spiro atoms. The van der Waals surface area contributed by atoms with Crippen molar-refractivity contribution in [2.75, 3.05) is 7.11 Å². The van der Waals surface area contributed by atoms with E-state index in [0.29, 0.717) is 0 Å². The molecule has 0 aliphatic heterocycles. The second kappa shape index (κ2) is 5.01. The standard InChI is InChI=1S/C13H17NO2/c1-16-13(15)14-12-9-5-3-7-10-6-2-4-8-11(10)12/h2,4,6,8,12H,3,5,7,9H2,1H3,(H,14,15). The van der Waals surface area contributed by atoms with Crippen molar-refractivity contribution < 1.29 is 9.53 Å². The van der Waals surface area contributed by atoms with Crippen LogP contribution < -0.4 is 5.32 Å². The fraction of sp³-hybridized carbons (Fsp3) is 0.462. The summed E-state index contributed by atoms with van der Waals surface area (Å²) >= 11 is 0. The molecule has 1 unspecified atom stereocenters. The van der Waals surface area contributed by atoms with E-state index >= 15 is 0 Å². The average molecular weight is 219 g/mol. The number of nitrogens with one attached hydrogen (secondary N) is 1. The number of carbonyl (C=O) groups excluding carboxylic acids is 1. The lowest BCUT2D eigenvalue weighted by Gasteiger charge is -2.18. The first kappa shape index (κ1) is 11.0. The van der Waals surface area contributed by atoms with Gasteiger partial charge in [0.05, 0.1) is 13.2 Å². The monoisotopic (exact) mass is 219 g/mol. The Labute approximate surface area is 95.8 Å². The van der Waals surface area contributed by atoms with Gasteiger partial charge < -0.3 is 10.1 Å². The van der Waals surface area contributed by atoms with Gasteiger partial charge in [-0.05, 0) is 30.4 Å². The van der Waals surface area contributed by atoms with Crippen molar-refractivity contribution in [3.63, 3.8) is 0 Å². The zero-order valence-corrected chi connectivity index (χ0v) is 9.53. The number of alkyl carbamates (subject to hydrolysis) is 1. The van der Waals surface area contributed by atoms with E-state index < -0.39 is 0 Å². The van der Waals surface area contributed by atoms with Crippen molar-refractivity contribution in [1.29, 1.82) is 0 Å². The minimum atomic E-state index is -0.346. The number of rotatable bonds is 1. The SMILES string of the molecule is COC(=O)NC1CCCCc2ccccc21. The lowest BCUT2D eigenvalue weighted by atomic mass is 9.99. The molecule has 1 aliphatic rings. The largest absolute Gasteiger partial charge is 0.453 e. The van der Waals surface area contributed by atoms with Crippen LogP contribution in [-0.4, -0.2) is 13.2 Å². The second-order valence-electron chi connectivity index (χ2n) is 4.13. The maximum absolute atomic E-state index is 11.3. The van der Waals surface area contributed by atoms with E-state index in [-0.39, 0.29) is 12.1 Å². The van der Waals surface area contributed by atoms with Crippen LogP contribution in [0.1, 0.15) is 36.4 Å². The molecule has 0 saturated carbocycles. The molecule has 0 bridgehead atoms. The maximum atomic E-state index is 11.3. The molecule has 3 heteroatoms. The van der Waals surface area contributed by atoms with Crippen LogP contribution in [0.4, 0.5) is 4.79 Å². The number of carbonyl (C=O) groups is 1. The number of ether oxygens (including phenoxy) is 1. The summed E-state index contributed by atoms with van der Waals surface area (Å²) in [6.07, 6.45) is 4.09. The number of hydrogen-bond acceptors (Lipinski definition) is 2. The minimum absolute atomic E-state index is 0.103. The number of hydrogen-bond donors (Lipinski definition) is 1. The fourth-order valence-electron chi connectivity index (χ4n) is 2.27. The van der Waals surface area contributed by atoms with Gasteiger partial charge in [0.2, 0.25) is 0 Å². The molecular weight excluding hydrogens is 202 g/mol. The van der Waals surface area contributed by atoms with Gasteiger partial charge in [-0.25, -0.2) is 4.79 Å². The predicted octanol–water partition coefficient (Wildman–Crippen LogP) is 2.81. The number of benzene rings is 1. The van der Waals surface area contributed by atoms with Crippen LogP contribution in [0.5, 0.6) is 0 Å². The zero-order chi connectivity index (χ0) is 11.4. The van der Waals surface area contributed by atoms with Gasteiger partial charge in [0.15, 0.2) is 0 Å². The van der Waals surface area contributed by atoms with Gasteiger partial charge in [0.1, 0.15) is 0 Å². The summed E-state index contributed by atoms with van der Waals surface area (Å²) in [4.78, 5) is 11.3. The van der Waals surface area contributed by atoms with Crippen molar-refractivity contribution in [1.82, 2.24) is 5.32 Å². The van der Waals surface area contributed by atoms with E-state index in [1.54, 1.807) is 0 Å². The van der Waals surface area contributed by atoms with Crippen LogP contribution in [0.3, 0.4) is 0 Å². The van der Waals surface area contributed by atoms with Crippen molar-refractivity contribution >= 4 is 6.09 Å². The van der Waals surface area contributed by atoms with E-state index in [9.17, 15) is 4.79 Å². The maximum Gasteiger partial charge on any atom is 0.407 e. The minimum Gasteiger partial charge on any atom is -0.453 e. The van der Waals surface area contributed by atoms with Crippen molar-refractivity contribution in [3.8, 4) is 0 Å². The summed E-state index contributed by atoms with van der Waals surface area (Å²) < 4.78 is 4.66. The second-order valence-corrected chi connectivity index (χ2v) is 4.13. The van der Waals surface area contributed by atoms with Gasteiger partial charge in [-0.3, -0.25) is 0 Å². The Bertz CT molecular complexity index is 376. The summed E-state index contributed by atoms with van der Waals surface area (Å²) in [5.41, 5.74) is 2.59. The predicted molar refractivity (Wildman–Crippen MR) is 62.3 cm³/mol. The first-order valence-electron chi connectivity index (χ1n) is 5.73. The Morgan fingerprint density at radius 2 is 2.19 bits per heavy atom. The van der Waals surface area contributed by atoms with Crippen LogP contribution in [-0.2, 0) is 11.2 Å². The molecule has 1 aromatic rings. The zero-order valence-electron chi connectivity index (χ0n) is 9.53. The van der Waals surface area contributed by atoms with Crippen molar-refractivity contribution in [3.05, 3.63) is 35.4 Å². The molecule has 3 nitrogen and oxygen atoms in total. The van der Waals surface area contributed by atoms with Gasteiger partial charge in [-0.2, -0.15) is 0 Å². The number of methoxy groups -OCH3 is 1. The smallest absolute Gasteiger partial charge is 0.407 e. The highest BCUT2D eigenvalue weighted by Gasteiger charge is 2.19. The third-order valence-electron chi connectivity index (χ3n) is 3.10. The molecule has 1 amide bonds. The highest BCUT2D eigenvalue weighted by Crippen LogP contribution is 2.28. The first-order valence-corrected chi connectivity index (χ1v) is 5.73. The topological polar surface area (TPSA) is 38.3 Å². The molecule has 1 aliphatic carbocycles. The molecule has 1 N–H and O–H groups in total. The number of amides is 1. The van der Waals surface area contributed by atoms with E-state index in [0.717, 1.165) is 19.3 Å². The van der Waals surface area contributed by atoms with Gasteiger partial charge >= 0.3 is 6.09 Å². The van der Waals surface area contributed by atoms with Gasteiger partial charge in [-0.15, -0.1) is 0 Å². The highest BCUT2D eigenvalue weighted by atomic mass is 16.5. The Kier molecular flexibility index (Phi) is 3.44. The summed E-state index contributed by atoms with van der Waals surface area (Å²) in [7, 11) is 1.40. The van der Waals surface area contributed by atoms with Crippen LogP contribution in [0, 0.1) is 0 Å². The molecule has 1 aromatic carbocycles. The third kappa shape index (κ3) is 2.35. The Morgan fingerprint density at radius 3 is 3.00 bits per heavy atom. The molecule has 0 aromatic heterocycles. The number of fused-ring (bicyclic) bond motifs is 1. The van der Waals surface area contributed by atoms with Crippen LogP contribution >= 0.6 is 0 Å². The average Bonchev–Trinajstić information content (AvgIpc) is 2.52. The molecule has 1 atom stereocenters. The summed E-state index contributed by atoms with van der Waals surface area (Å²) in [6, 6.07) is 8.43. The summed E-state index contributed by atoms with van der Waals surface area (Å²) in [5, 5.41) is 2.90. The molecule has 0 radical (unpaired) electrons. The molecular formula is C13H17NO2. The summed E-state index contributed by atoms with van der Waals surface area (Å²) in [5.74, 6) is 0. The molecule has 0 saturated heterocycles. The van der Waals surface area contributed by atoms with E-state index in [1.807, 2.05) is 6.07 Å². The summed E-state index contributed by atoms with van der Waals surface area (Å²) in [6.45, 7) is 0. The molecule has 0 fully saturated rings. The van der Waals surface area contributed by atoms with Gasteiger partial charge in [0.25, 0.3) is 0 Å². The van der Waals surface area contributed by atoms with E-state index in [4.69, 9.17) is 0 Å². The van der Waals surface area contributed by atoms with Crippen molar-refractivity contribution in [2.45, 2.75) is 31.7 Å². The first-order chi connectivity index (χ1) is 7.81. The quantitative estimate of drug-likeness (QED) is 0.737. The number of aryl methyl sites for hydroxylation is 1. The van der Waals surface area contributed by atoms with Gasteiger partial charge in [0, 0.05) is 0 Å². The van der Waals surface area contributed by atoms with Crippen LogP contribution in [0.2, 0.25) is 0 Å². The van der Waals surface area contributed by atoms with Crippen LogP contribution in [0.25, 0.3) is 0 Å². The van der Waals surface area contributed by atoms with Crippen LogP contribution in [0.15, 0.2) is 24.3 Å². The Balaban J connectivity index is 2.22. The van der Waals surface area contributed by atoms with E-state index in [2.05, 4.69) is 28.3 Å². The Hall–Kier alpha value is -1.51. The molecule has 2 rings (SSSR count).